The summed E-state index contributed by atoms with van der Waals surface area (Å²) in [4.78, 5) is 0. The normalized spacial score (nSPS) is 12.1. The van der Waals surface area contributed by atoms with E-state index >= 15 is 0 Å². The summed E-state index contributed by atoms with van der Waals surface area (Å²) in [7, 11) is 1.67. The topological polar surface area (TPSA) is 33.0 Å². The summed E-state index contributed by atoms with van der Waals surface area (Å²) in [5, 5.41) is 12.3. The van der Waals surface area contributed by atoms with Crippen LogP contribution in [0.4, 0.5) is 0 Å². The van der Waals surface area contributed by atoms with Crippen molar-refractivity contribution >= 4 is 10.8 Å². The van der Waals surface area contributed by atoms with Crippen LogP contribution in [-0.2, 0) is 6.42 Å². The fourth-order valence-electron chi connectivity index (χ4n) is 3.30. The second-order valence-corrected chi connectivity index (χ2v) is 6.68. The second-order valence-electron chi connectivity index (χ2n) is 6.68. The fourth-order valence-corrected chi connectivity index (χ4v) is 3.30. The predicted octanol–water partition coefficient (Wildman–Crippen LogP) is 5.82. The fraction of sp³-hybridized carbons (Fsp3) is 0.261. The third-order valence-corrected chi connectivity index (χ3v) is 4.76. The molecule has 1 atom stereocenters. The molecule has 0 heterocycles. The highest BCUT2D eigenvalue weighted by Crippen LogP contribution is 2.33. The van der Waals surface area contributed by atoms with Crippen LogP contribution in [0, 0.1) is 11.3 Å². The van der Waals surface area contributed by atoms with Crippen molar-refractivity contribution in [3.05, 3.63) is 77.4 Å². The van der Waals surface area contributed by atoms with Crippen LogP contribution in [0.3, 0.4) is 0 Å². The summed E-state index contributed by atoms with van der Waals surface area (Å²) in [5.74, 6) is 0.970. The lowest BCUT2D eigenvalue weighted by Gasteiger charge is -2.17. The summed E-state index contributed by atoms with van der Waals surface area (Å²) >= 11 is 0. The Balaban J connectivity index is 2.03. The summed E-state index contributed by atoms with van der Waals surface area (Å²) in [6.07, 6.45) is 0.676. The van der Waals surface area contributed by atoms with Gasteiger partial charge in [0.15, 0.2) is 0 Å². The highest BCUT2D eigenvalue weighted by Gasteiger charge is 2.19. The Bertz CT molecular complexity index is 916. The predicted molar refractivity (Wildman–Crippen MR) is 103 cm³/mol. The zero-order chi connectivity index (χ0) is 17.8. The zero-order valence-electron chi connectivity index (χ0n) is 15.0. The maximum atomic E-state index is 9.86. The van der Waals surface area contributed by atoms with Crippen LogP contribution in [0.25, 0.3) is 10.8 Å². The van der Waals surface area contributed by atoms with E-state index in [1.165, 1.54) is 21.9 Å². The monoisotopic (exact) mass is 329 g/mol. The first-order valence-corrected chi connectivity index (χ1v) is 8.68. The van der Waals surface area contributed by atoms with Crippen molar-refractivity contribution < 1.29 is 4.74 Å². The molecule has 1 unspecified atom stereocenters. The molecule has 0 aliphatic heterocycles. The Hall–Kier alpha value is -2.79. The van der Waals surface area contributed by atoms with Crippen LogP contribution in [0.15, 0.2) is 60.7 Å². The van der Waals surface area contributed by atoms with Gasteiger partial charge in [-0.25, -0.2) is 0 Å². The molecule has 0 aliphatic rings. The highest BCUT2D eigenvalue weighted by molar-refractivity contribution is 5.85. The third kappa shape index (κ3) is 3.51. The summed E-state index contributed by atoms with van der Waals surface area (Å²) in [6, 6.07) is 23.3. The molecule has 0 bridgehead atoms. The van der Waals surface area contributed by atoms with Gasteiger partial charge in [-0.15, -0.1) is 0 Å². The van der Waals surface area contributed by atoms with Gasteiger partial charge in [0.05, 0.1) is 19.1 Å². The first-order chi connectivity index (χ1) is 12.1. The van der Waals surface area contributed by atoms with Crippen molar-refractivity contribution in [2.24, 2.45) is 0 Å². The summed E-state index contributed by atoms with van der Waals surface area (Å²) < 4.78 is 5.54. The lowest BCUT2D eigenvalue weighted by atomic mass is 9.88. The molecular formula is C23H23NO. The number of hydrogen-bond acceptors (Lipinski definition) is 2. The van der Waals surface area contributed by atoms with Gasteiger partial charge < -0.3 is 4.74 Å². The molecule has 126 valence electrons. The van der Waals surface area contributed by atoms with Gasteiger partial charge in [-0.05, 0) is 40.3 Å². The molecule has 0 aromatic heterocycles. The van der Waals surface area contributed by atoms with Crippen molar-refractivity contribution in [2.75, 3.05) is 7.11 Å². The smallest absolute Gasteiger partial charge is 0.123 e. The van der Waals surface area contributed by atoms with E-state index in [1.807, 2.05) is 18.2 Å². The van der Waals surface area contributed by atoms with E-state index in [9.17, 15) is 5.26 Å². The quantitative estimate of drug-likeness (QED) is 0.590. The molecule has 0 aliphatic carbocycles. The highest BCUT2D eigenvalue weighted by atomic mass is 16.5. The molecule has 0 spiro atoms. The molecule has 0 amide bonds. The molecule has 3 rings (SSSR count). The third-order valence-electron chi connectivity index (χ3n) is 4.76. The van der Waals surface area contributed by atoms with Crippen molar-refractivity contribution in [3.8, 4) is 11.8 Å². The number of fused-ring (bicyclic) bond motifs is 1. The van der Waals surface area contributed by atoms with Gasteiger partial charge in [-0.1, -0.05) is 68.4 Å². The zero-order valence-corrected chi connectivity index (χ0v) is 15.0. The Morgan fingerprint density at radius 3 is 2.48 bits per heavy atom. The number of benzene rings is 3. The Kier molecular flexibility index (Phi) is 5.05. The average molecular weight is 329 g/mol. The number of ether oxygens (including phenoxy) is 1. The van der Waals surface area contributed by atoms with E-state index in [0.717, 1.165) is 11.3 Å². The molecule has 3 aromatic carbocycles. The van der Waals surface area contributed by atoms with Crippen LogP contribution < -0.4 is 4.74 Å². The largest absolute Gasteiger partial charge is 0.496 e. The van der Waals surface area contributed by atoms with Gasteiger partial charge in [-0.2, -0.15) is 5.26 Å². The second kappa shape index (κ2) is 7.40. The number of hydrogen-bond donors (Lipinski definition) is 0. The van der Waals surface area contributed by atoms with E-state index in [-0.39, 0.29) is 5.92 Å². The van der Waals surface area contributed by atoms with Crippen LogP contribution in [0.1, 0.15) is 42.4 Å². The first kappa shape index (κ1) is 17.0. The minimum atomic E-state index is -0.237. The first-order valence-electron chi connectivity index (χ1n) is 8.68. The lowest BCUT2D eigenvalue weighted by Crippen LogP contribution is -2.05. The van der Waals surface area contributed by atoms with E-state index in [4.69, 9.17) is 4.74 Å². The maximum Gasteiger partial charge on any atom is 0.123 e. The van der Waals surface area contributed by atoms with E-state index < -0.39 is 0 Å². The number of nitriles is 1. The van der Waals surface area contributed by atoms with Crippen LogP contribution in [0.2, 0.25) is 0 Å². The van der Waals surface area contributed by atoms with Crippen LogP contribution in [-0.4, -0.2) is 7.11 Å². The summed E-state index contributed by atoms with van der Waals surface area (Å²) in [5.41, 5.74) is 3.40. The van der Waals surface area contributed by atoms with Gasteiger partial charge in [0.2, 0.25) is 0 Å². The van der Waals surface area contributed by atoms with Crippen molar-refractivity contribution in [1.82, 2.24) is 0 Å². The molecule has 0 saturated heterocycles. The van der Waals surface area contributed by atoms with Gasteiger partial charge >= 0.3 is 0 Å². The molecule has 2 heteroatoms. The summed E-state index contributed by atoms with van der Waals surface area (Å²) in [6.45, 7) is 4.33. The molecule has 0 saturated carbocycles. The standard InChI is InChI=1S/C23H23NO/c1-16(2)18-11-12-23(25-3)22(14-18)20(15-24)13-19-9-6-8-17-7-4-5-10-21(17)19/h4-12,14,16,20H,13H2,1-3H3. The molecular weight excluding hydrogens is 306 g/mol. The van der Waals surface area contributed by atoms with E-state index in [2.05, 4.69) is 62.4 Å². The van der Waals surface area contributed by atoms with Gasteiger partial charge in [0.25, 0.3) is 0 Å². The van der Waals surface area contributed by atoms with E-state index in [0.29, 0.717) is 12.3 Å². The maximum absolute atomic E-state index is 9.86. The van der Waals surface area contributed by atoms with Crippen LogP contribution >= 0.6 is 0 Å². The van der Waals surface area contributed by atoms with Gasteiger partial charge in [0, 0.05) is 5.56 Å². The molecule has 0 fully saturated rings. The molecule has 25 heavy (non-hydrogen) atoms. The Morgan fingerprint density at radius 2 is 1.76 bits per heavy atom. The number of nitrogens with zero attached hydrogens (tertiary/aromatic N) is 1. The molecule has 0 N–H and O–H groups in total. The minimum Gasteiger partial charge on any atom is -0.496 e. The lowest BCUT2D eigenvalue weighted by molar-refractivity contribution is 0.408. The molecule has 3 aromatic rings. The Labute approximate surface area is 149 Å². The van der Waals surface area contributed by atoms with Crippen molar-refractivity contribution in [2.45, 2.75) is 32.1 Å². The van der Waals surface area contributed by atoms with Gasteiger partial charge in [0.1, 0.15) is 5.75 Å². The number of rotatable bonds is 5. The number of methoxy groups -OCH3 is 1. The molecule has 2 nitrogen and oxygen atoms in total. The van der Waals surface area contributed by atoms with E-state index in [1.54, 1.807) is 7.11 Å². The van der Waals surface area contributed by atoms with Crippen LogP contribution in [0.5, 0.6) is 5.75 Å². The SMILES string of the molecule is COc1ccc(C(C)C)cc1C(C#N)Cc1cccc2ccccc12. The minimum absolute atomic E-state index is 0.237. The van der Waals surface area contributed by atoms with Crippen molar-refractivity contribution in [1.29, 1.82) is 5.26 Å². The van der Waals surface area contributed by atoms with Crippen molar-refractivity contribution in [3.63, 3.8) is 0 Å². The Morgan fingerprint density at radius 1 is 1.00 bits per heavy atom. The average Bonchev–Trinajstić information content (AvgIpc) is 2.65. The molecule has 0 radical (unpaired) electrons. The van der Waals surface area contributed by atoms with Gasteiger partial charge in [-0.3, -0.25) is 0 Å².